The molecule has 1 saturated carbocycles. The fourth-order valence-corrected chi connectivity index (χ4v) is 2.59. The molecule has 0 aromatic heterocycles. The third-order valence-corrected chi connectivity index (χ3v) is 3.51. The number of hydrogen-bond donors (Lipinski definition) is 1. The van der Waals surface area contributed by atoms with Gasteiger partial charge in [-0.2, -0.15) is 0 Å². The quantitative estimate of drug-likeness (QED) is 0.835. The maximum absolute atomic E-state index is 13.8. The van der Waals surface area contributed by atoms with Gasteiger partial charge in [-0.25, -0.2) is 4.39 Å². The molecule has 0 amide bonds. The lowest BCUT2D eigenvalue weighted by atomic mass is 9.78. The fraction of sp³-hybridized carbons (Fsp3) is 0.462. The number of halogens is 1. The molecule has 86 valence electrons. The summed E-state index contributed by atoms with van der Waals surface area (Å²) >= 11 is 0. The van der Waals surface area contributed by atoms with E-state index in [1.54, 1.807) is 19.1 Å². The monoisotopic (exact) mass is 222 g/mol. The Balaban J connectivity index is 2.51. The zero-order valence-corrected chi connectivity index (χ0v) is 9.29. The van der Waals surface area contributed by atoms with Crippen LogP contribution < -0.4 is 0 Å². The predicted molar refractivity (Wildman–Crippen MR) is 58.9 cm³/mol. The molecule has 1 aromatic carbocycles. The van der Waals surface area contributed by atoms with Gasteiger partial charge in [0, 0.05) is 5.56 Å². The van der Waals surface area contributed by atoms with Crippen LogP contribution >= 0.6 is 0 Å². The molecule has 1 N–H and O–H groups in total. The zero-order chi connectivity index (χ0) is 11.8. The summed E-state index contributed by atoms with van der Waals surface area (Å²) in [4.78, 5) is 11.4. The van der Waals surface area contributed by atoms with E-state index in [4.69, 9.17) is 0 Å². The molecule has 0 aliphatic heterocycles. The van der Waals surface area contributed by atoms with Crippen LogP contribution in [0.15, 0.2) is 18.2 Å². The minimum absolute atomic E-state index is 0.350. The number of hydrogen-bond acceptors (Lipinski definition) is 1. The summed E-state index contributed by atoms with van der Waals surface area (Å²) in [6.45, 7) is 1.80. The summed E-state index contributed by atoms with van der Waals surface area (Å²) in [6.07, 6.45) is 2.81. The van der Waals surface area contributed by atoms with Gasteiger partial charge in [-0.3, -0.25) is 4.79 Å². The van der Waals surface area contributed by atoms with Crippen molar-refractivity contribution >= 4 is 5.97 Å². The number of carboxylic acids is 1. The summed E-state index contributed by atoms with van der Waals surface area (Å²) in [5.74, 6) is -1.28. The topological polar surface area (TPSA) is 37.3 Å². The Morgan fingerprint density at radius 2 is 2.00 bits per heavy atom. The highest BCUT2D eigenvalue weighted by Gasteiger charge is 2.44. The molecule has 16 heavy (non-hydrogen) atoms. The first-order chi connectivity index (χ1) is 7.56. The second-order valence-corrected chi connectivity index (χ2v) is 4.58. The first kappa shape index (κ1) is 11.1. The molecule has 0 radical (unpaired) electrons. The van der Waals surface area contributed by atoms with E-state index in [2.05, 4.69) is 0 Å². The largest absolute Gasteiger partial charge is 0.481 e. The lowest BCUT2D eigenvalue weighted by Gasteiger charge is -2.24. The van der Waals surface area contributed by atoms with E-state index in [1.165, 1.54) is 6.07 Å². The van der Waals surface area contributed by atoms with Gasteiger partial charge < -0.3 is 5.11 Å². The van der Waals surface area contributed by atoms with Crippen molar-refractivity contribution in [3.63, 3.8) is 0 Å². The second kappa shape index (κ2) is 3.89. The Kier molecular flexibility index (Phi) is 2.70. The SMILES string of the molecule is Cc1ccc(C2(C(=O)O)CCCC2)c(F)c1. The van der Waals surface area contributed by atoms with Gasteiger partial charge in [-0.15, -0.1) is 0 Å². The third-order valence-electron chi connectivity index (χ3n) is 3.51. The summed E-state index contributed by atoms with van der Waals surface area (Å²) in [7, 11) is 0. The maximum atomic E-state index is 13.8. The van der Waals surface area contributed by atoms with Gasteiger partial charge in [0.15, 0.2) is 0 Å². The van der Waals surface area contributed by atoms with Crippen molar-refractivity contribution in [3.8, 4) is 0 Å². The standard InChI is InChI=1S/C13H15FO2/c1-9-4-5-10(11(14)8-9)13(12(15)16)6-2-3-7-13/h4-5,8H,2-3,6-7H2,1H3,(H,15,16). The van der Waals surface area contributed by atoms with Gasteiger partial charge in [-0.1, -0.05) is 25.0 Å². The van der Waals surface area contributed by atoms with Crippen LogP contribution in [0.4, 0.5) is 4.39 Å². The summed E-state index contributed by atoms with van der Waals surface area (Å²) < 4.78 is 13.8. The van der Waals surface area contributed by atoms with E-state index in [0.29, 0.717) is 18.4 Å². The van der Waals surface area contributed by atoms with Crippen molar-refractivity contribution in [1.29, 1.82) is 0 Å². The van der Waals surface area contributed by atoms with Crippen LogP contribution in [0.3, 0.4) is 0 Å². The molecule has 0 heterocycles. The molecule has 2 nitrogen and oxygen atoms in total. The summed E-state index contributed by atoms with van der Waals surface area (Å²) in [6, 6.07) is 4.82. The van der Waals surface area contributed by atoms with Gasteiger partial charge >= 0.3 is 5.97 Å². The molecule has 2 rings (SSSR count). The van der Waals surface area contributed by atoms with Crippen molar-refractivity contribution < 1.29 is 14.3 Å². The molecule has 3 heteroatoms. The van der Waals surface area contributed by atoms with E-state index in [-0.39, 0.29) is 5.82 Å². The van der Waals surface area contributed by atoms with Gasteiger partial charge in [0.25, 0.3) is 0 Å². The molecule has 1 aliphatic carbocycles. The normalized spacial score (nSPS) is 18.6. The number of carbonyl (C=O) groups is 1. The van der Waals surface area contributed by atoms with E-state index in [0.717, 1.165) is 18.4 Å². The third kappa shape index (κ3) is 1.60. The molecule has 0 saturated heterocycles. The maximum Gasteiger partial charge on any atom is 0.314 e. The molecule has 1 fully saturated rings. The van der Waals surface area contributed by atoms with Crippen LogP contribution in [0, 0.1) is 12.7 Å². The molecule has 0 bridgehead atoms. The van der Waals surface area contributed by atoms with E-state index >= 15 is 0 Å². The van der Waals surface area contributed by atoms with Crippen LogP contribution in [0.2, 0.25) is 0 Å². The number of carboxylic acid groups (broad SMARTS) is 1. The highest BCUT2D eigenvalue weighted by Crippen LogP contribution is 2.42. The Bertz CT molecular complexity index is 420. The van der Waals surface area contributed by atoms with Crippen LogP contribution in [-0.2, 0) is 10.2 Å². The summed E-state index contributed by atoms with van der Waals surface area (Å²) in [5, 5.41) is 9.34. The average molecular weight is 222 g/mol. The second-order valence-electron chi connectivity index (χ2n) is 4.58. The minimum Gasteiger partial charge on any atom is -0.481 e. The predicted octanol–water partition coefficient (Wildman–Crippen LogP) is 3.03. The van der Waals surface area contributed by atoms with E-state index < -0.39 is 11.4 Å². The smallest absolute Gasteiger partial charge is 0.314 e. The number of rotatable bonds is 2. The Morgan fingerprint density at radius 1 is 1.38 bits per heavy atom. The molecule has 0 spiro atoms. The van der Waals surface area contributed by atoms with Crippen molar-refractivity contribution in [2.45, 2.75) is 38.0 Å². The molecule has 1 aliphatic rings. The number of benzene rings is 1. The minimum atomic E-state index is -0.988. The first-order valence-corrected chi connectivity index (χ1v) is 5.56. The van der Waals surface area contributed by atoms with Crippen molar-refractivity contribution in [1.82, 2.24) is 0 Å². The first-order valence-electron chi connectivity index (χ1n) is 5.56. The Hall–Kier alpha value is -1.38. The highest BCUT2D eigenvalue weighted by molar-refractivity contribution is 5.81. The lowest BCUT2D eigenvalue weighted by molar-refractivity contribution is -0.143. The molecular weight excluding hydrogens is 207 g/mol. The van der Waals surface area contributed by atoms with Gasteiger partial charge in [0.05, 0.1) is 5.41 Å². The van der Waals surface area contributed by atoms with Crippen LogP contribution in [0.25, 0.3) is 0 Å². The van der Waals surface area contributed by atoms with Crippen LogP contribution in [-0.4, -0.2) is 11.1 Å². The Labute approximate surface area is 94.1 Å². The van der Waals surface area contributed by atoms with Crippen molar-refractivity contribution in [2.24, 2.45) is 0 Å². The summed E-state index contributed by atoms with van der Waals surface area (Å²) in [5.41, 5.74) is 0.181. The number of aliphatic carboxylic acids is 1. The van der Waals surface area contributed by atoms with Gasteiger partial charge in [-0.05, 0) is 31.4 Å². The van der Waals surface area contributed by atoms with E-state index in [9.17, 15) is 14.3 Å². The average Bonchev–Trinajstić information content (AvgIpc) is 2.67. The zero-order valence-electron chi connectivity index (χ0n) is 9.29. The van der Waals surface area contributed by atoms with Crippen molar-refractivity contribution in [3.05, 3.63) is 35.1 Å². The van der Waals surface area contributed by atoms with Crippen molar-refractivity contribution in [2.75, 3.05) is 0 Å². The highest BCUT2D eigenvalue weighted by atomic mass is 19.1. The van der Waals surface area contributed by atoms with E-state index in [1.807, 2.05) is 0 Å². The number of aryl methyl sites for hydroxylation is 1. The van der Waals surface area contributed by atoms with Crippen LogP contribution in [0.5, 0.6) is 0 Å². The van der Waals surface area contributed by atoms with Crippen LogP contribution in [0.1, 0.15) is 36.8 Å². The Morgan fingerprint density at radius 3 is 2.50 bits per heavy atom. The van der Waals surface area contributed by atoms with Gasteiger partial charge in [0.1, 0.15) is 5.82 Å². The molecule has 0 atom stereocenters. The fourth-order valence-electron chi connectivity index (χ4n) is 2.59. The molecule has 1 aromatic rings. The molecular formula is C13H15FO2. The van der Waals surface area contributed by atoms with Gasteiger partial charge in [0.2, 0.25) is 0 Å². The molecule has 0 unspecified atom stereocenters. The lowest BCUT2D eigenvalue weighted by Crippen LogP contribution is -2.33.